The number of carboxylic acid groups (broad SMARTS) is 1. The highest BCUT2D eigenvalue weighted by molar-refractivity contribution is 7.90. The summed E-state index contributed by atoms with van der Waals surface area (Å²) in [5, 5.41) is 14.4. The Morgan fingerprint density at radius 2 is 1.60 bits per heavy atom. The molecule has 2 aliphatic carbocycles. The number of rotatable bonds is 9. The van der Waals surface area contributed by atoms with Crippen LogP contribution in [0, 0.1) is 5.92 Å². The predicted molar refractivity (Wildman–Crippen MR) is 129 cm³/mol. The molecule has 0 radical (unpaired) electrons. The molecule has 1 fully saturated rings. The van der Waals surface area contributed by atoms with E-state index in [1.807, 2.05) is 36.4 Å². The maximum absolute atomic E-state index is 12.4. The topological polar surface area (TPSA) is 139 Å². The van der Waals surface area contributed by atoms with E-state index in [0.717, 1.165) is 28.5 Å². The number of benzene rings is 2. The molecule has 2 amide bonds. The van der Waals surface area contributed by atoms with Crippen LogP contribution in [0.15, 0.2) is 48.5 Å². The van der Waals surface area contributed by atoms with E-state index in [1.54, 1.807) is 0 Å². The maximum atomic E-state index is 12.4. The van der Waals surface area contributed by atoms with Gasteiger partial charge >= 0.3 is 12.1 Å². The van der Waals surface area contributed by atoms with Crippen molar-refractivity contribution in [3.63, 3.8) is 0 Å². The van der Waals surface area contributed by atoms with E-state index in [1.165, 1.54) is 0 Å². The van der Waals surface area contributed by atoms with E-state index >= 15 is 0 Å². The number of aliphatic carboxylic acids is 1. The Morgan fingerprint density at radius 1 is 1.03 bits per heavy atom. The molecule has 4 rings (SSSR count). The van der Waals surface area contributed by atoms with Gasteiger partial charge in [0.05, 0.1) is 5.75 Å². The molecule has 1 atom stereocenters. The highest BCUT2D eigenvalue weighted by Crippen LogP contribution is 2.44. The summed E-state index contributed by atoms with van der Waals surface area (Å²) in [6.45, 7) is 0.192. The Morgan fingerprint density at radius 3 is 2.14 bits per heavy atom. The summed E-state index contributed by atoms with van der Waals surface area (Å²) in [4.78, 5) is 36.1. The van der Waals surface area contributed by atoms with E-state index in [2.05, 4.69) is 22.8 Å². The minimum Gasteiger partial charge on any atom is -0.480 e. The lowest BCUT2D eigenvalue weighted by molar-refractivity contribution is -0.143. The number of carbonyl (C=O) groups excluding carboxylic acids is 2. The van der Waals surface area contributed by atoms with E-state index in [-0.39, 0.29) is 30.7 Å². The molecule has 1 unspecified atom stereocenters. The van der Waals surface area contributed by atoms with Crippen LogP contribution < -0.4 is 10.6 Å². The highest BCUT2D eigenvalue weighted by atomic mass is 32.2. The van der Waals surface area contributed by atoms with Crippen molar-refractivity contribution >= 4 is 27.8 Å². The quantitative estimate of drug-likeness (QED) is 0.480. The molecule has 1 saturated carbocycles. The van der Waals surface area contributed by atoms with E-state index < -0.39 is 39.8 Å². The van der Waals surface area contributed by atoms with Gasteiger partial charge in [-0.1, -0.05) is 48.5 Å². The van der Waals surface area contributed by atoms with E-state index in [9.17, 15) is 27.9 Å². The number of amides is 2. The van der Waals surface area contributed by atoms with Gasteiger partial charge in [-0.2, -0.15) is 0 Å². The average Bonchev–Trinajstić information content (AvgIpc) is 3.10. The first-order chi connectivity index (χ1) is 16.6. The summed E-state index contributed by atoms with van der Waals surface area (Å²) in [6.07, 6.45) is 0.961. The van der Waals surface area contributed by atoms with Crippen molar-refractivity contribution in [2.45, 2.75) is 37.3 Å². The van der Waals surface area contributed by atoms with E-state index in [0.29, 0.717) is 12.8 Å². The van der Waals surface area contributed by atoms with Crippen LogP contribution in [0.4, 0.5) is 4.79 Å². The van der Waals surface area contributed by atoms with Crippen LogP contribution in [-0.4, -0.2) is 62.2 Å². The number of nitrogens with one attached hydrogen (secondary N) is 2. The fourth-order valence-electron chi connectivity index (χ4n) is 4.64. The minimum absolute atomic E-state index is 0.0482. The zero-order valence-corrected chi connectivity index (χ0v) is 20.1. The molecule has 35 heavy (non-hydrogen) atoms. The lowest BCUT2D eigenvalue weighted by Crippen LogP contribution is -2.52. The number of carbonyl (C=O) groups is 3. The largest absolute Gasteiger partial charge is 0.480 e. The van der Waals surface area contributed by atoms with Gasteiger partial charge in [0.25, 0.3) is 0 Å². The summed E-state index contributed by atoms with van der Waals surface area (Å²) < 4.78 is 28.1. The van der Waals surface area contributed by atoms with Gasteiger partial charge in [-0.05, 0) is 41.5 Å². The maximum Gasteiger partial charge on any atom is 0.407 e. The average molecular weight is 501 g/mol. The molecule has 0 spiro atoms. The van der Waals surface area contributed by atoms with Crippen molar-refractivity contribution in [1.82, 2.24) is 10.6 Å². The molecule has 0 aromatic heterocycles. The number of ether oxygens (including phenoxy) is 1. The molecule has 2 aromatic rings. The lowest BCUT2D eigenvalue weighted by atomic mass is 9.79. The van der Waals surface area contributed by atoms with Crippen molar-refractivity contribution in [2.24, 2.45) is 5.92 Å². The van der Waals surface area contributed by atoms with Gasteiger partial charge in [-0.15, -0.1) is 0 Å². The Labute approximate surface area is 203 Å². The Hall–Kier alpha value is -3.40. The van der Waals surface area contributed by atoms with Gasteiger partial charge in [-0.3, -0.25) is 4.79 Å². The number of sulfone groups is 1. The zero-order chi connectivity index (χ0) is 25.2. The van der Waals surface area contributed by atoms with Crippen molar-refractivity contribution in [3.05, 3.63) is 59.7 Å². The van der Waals surface area contributed by atoms with E-state index in [4.69, 9.17) is 4.74 Å². The van der Waals surface area contributed by atoms with Gasteiger partial charge < -0.3 is 20.5 Å². The van der Waals surface area contributed by atoms with Crippen LogP contribution >= 0.6 is 0 Å². The molecule has 10 heteroatoms. The number of hydrogen-bond acceptors (Lipinski definition) is 6. The molecule has 9 nitrogen and oxygen atoms in total. The zero-order valence-electron chi connectivity index (χ0n) is 19.3. The summed E-state index contributed by atoms with van der Waals surface area (Å²) in [5.41, 5.74) is 4.51. The molecule has 2 aromatic carbocycles. The standard InChI is InChI=1S/C25H28N2O7S/c1-35(32,33)11-10-22(24(29)30)27-23(28)15-12-16(13-15)26-25(31)34-14-21-19-8-4-2-6-17(19)18-7-3-5-9-20(18)21/h2-9,15-16,21-22H,10-14H2,1H3,(H,26,31)(H,27,28)(H,29,30). The Balaban J connectivity index is 1.24. The smallest absolute Gasteiger partial charge is 0.407 e. The van der Waals surface area contributed by atoms with Gasteiger partial charge in [0.2, 0.25) is 5.91 Å². The summed E-state index contributed by atoms with van der Waals surface area (Å²) in [5.74, 6) is -2.58. The normalized spacial score (nSPS) is 19.6. The second-order valence-corrected chi connectivity index (χ2v) is 11.4. The highest BCUT2D eigenvalue weighted by Gasteiger charge is 2.37. The third kappa shape index (κ3) is 5.82. The van der Waals surface area contributed by atoms with Crippen LogP contribution in [0.25, 0.3) is 11.1 Å². The molecule has 3 N–H and O–H groups in total. The second kappa shape index (κ2) is 10.1. The number of alkyl carbamates (subject to hydrolysis) is 1. The Bertz CT molecular complexity index is 1190. The van der Waals surface area contributed by atoms with Gasteiger partial charge in [0, 0.05) is 24.1 Å². The number of fused-ring (bicyclic) bond motifs is 3. The first-order valence-corrected chi connectivity index (χ1v) is 13.5. The molecular formula is C25H28N2O7S. The Kier molecular flexibility index (Phi) is 7.11. The first kappa shape index (κ1) is 24.7. The van der Waals surface area contributed by atoms with Crippen LogP contribution in [-0.2, 0) is 24.2 Å². The van der Waals surface area contributed by atoms with Gasteiger partial charge in [-0.25, -0.2) is 18.0 Å². The molecule has 186 valence electrons. The molecule has 2 aliphatic rings. The van der Waals surface area contributed by atoms with Gasteiger partial charge in [0.15, 0.2) is 0 Å². The van der Waals surface area contributed by atoms with Crippen LogP contribution in [0.1, 0.15) is 36.3 Å². The van der Waals surface area contributed by atoms with Crippen LogP contribution in [0.5, 0.6) is 0 Å². The lowest BCUT2D eigenvalue weighted by Gasteiger charge is -2.35. The predicted octanol–water partition coefficient (Wildman–Crippen LogP) is 2.31. The fraction of sp³-hybridized carbons (Fsp3) is 0.400. The molecule has 0 aliphatic heterocycles. The fourth-order valence-corrected chi connectivity index (χ4v) is 5.30. The summed E-state index contributed by atoms with van der Waals surface area (Å²) >= 11 is 0. The first-order valence-electron chi connectivity index (χ1n) is 11.4. The summed E-state index contributed by atoms with van der Waals surface area (Å²) in [7, 11) is -3.34. The van der Waals surface area contributed by atoms with Crippen molar-refractivity contribution < 1.29 is 32.6 Å². The SMILES string of the molecule is CS(=O)(=O)CCC(NC(=O)C1CC(NC(=O)OCC2c3ccccc3-c3ccccc32)C1)C(=O)O. The number of hydrogen-bond donors (Lipinski definition) is 3. The van der Waals surface area contributed by atoms with Crippen molar-refractivity contribution in [2.75, 3.05) is 18.6 Å². The third-order valence-corrected chi connectivity index (χ3v) is 7.54. The third-order valence-electron chi connectivity index (χ3n) is 6.57. The van der Waals surface area contributed by atoms with Crippen LogP contribution in [0.2, 0.25) is 0 Å². The molecule has 0 heterocycles. The molecule has 0 bridgehead atoms. The van der Waals surface area contributed by atoms with Gasteiger partial charge in [0.1, 0.15) is 22.5 Å². The molecule has 0 saturated heterocycles. The number of carboxylic acids is 1. The van der Waals surface area contributed by atoms with Crippen LogP contribution in [0.3, 0.4) is 0 Å². The summed E-state index contributed by atoms with van der Waals surface area (Å²) in [6, 6.07) is 14.6. The monoisotopic (exact) mass is 500 g/mol. The van der Waals surface area contributed by atoms with Crippen molar-refractivity contribution in [3.8, 4) is 11.1 Å². The minimum atomic E-state index is -3.34. The molecular weight excluding hydrogens is 472 g/mol. The second-order valence-electron chi connectivity index (χ2n) is 9.15. The van der Waals surface area contributed by atoms with Crippen molar-refractivity contribution in [1.29, 1.82) is 0 Å².